The first-order valence-electron chi connectivity index (χ1n) is 5.90. The van der Waals surface area contributed by atoms with Crippen LogP contribution < -0.4 is 11.1 Å². The molecule has 2 nitrogen and oxygen atoms in total. The number of hydrogen-bond donors (Lipinski definition) is 2. The summed E-state index contributed by atoms with van der Waals surface area (Å²) in [5, 5.41) is 3.16. The van der Waals surface area contributed by atoms with Gasteiger partial charge in [0.2, 0.25) is 0 Å². The SMILES string of the molecule is Cc1cc(F)cc(Nc2ccc(C)cc2C(N)=S)c1. The van der Waals surface area contributed by atoms with Crippen molar-refractivity contribution in [1.29, 1.82) is 0 Å². The molecule has 0 unspecified atom stereocenters. The molecular formula is C15H15FN2S. The number of aryl methyl sites for hydroxylation is 2. The van der Waals surface area contributed by atoms with Crippen LogP contribution in [-0.4, -0.2) is 4.99 Å². The highest BCUT2D eigenvalue weighted by Crippen LogP contribution is 2.23. The van der Waals surface area contributed by atoms with Crippen molar-refractivity contribution in [3.05, 3.63) is 58.9 Å². The molecule has 0 heterocycles. The van der Waals surface area contributed by atoms with Crippen LogP contribution in [0.3, 0.4) is 0 Å². The molecule has 0 bridgehead atoms. The van der Waals surface area contributed by atoms with Gasteiger partial charge >= 0.3 is 0 Å². The fourth-order valence-corrected chi connectivity index (χ4v) is 2.10. The Morgan fingerprint density at radius 1 is 1.11 bits per heavy atom. The molecule has 0 saturated carbocycles. The monoisotopic (exact) mass is 274 g/mol. The Labute approximate surface area is 117 Å². The van der Waals surface area contributed by atoms with E-state index in [4.69, 9.17) is 18.0 Å². The lowest BCUT2D eigenvalue weighted by atomic mass is 10.1. The van der Waals surface area contributed by atoms with E-state index >= 15 is 0 Å². The molecule has 0 aromatic heterocycles. The van der Waals surface area contributed by atoms with Gasteiger partial charge in [0.25, 0.3) is 0 Å². The maximum absolute atomic E-state index is 13.4. The molecule has 0 atom stereocenters. The molecule has 0 aliphatic heterocycles. The molecule has 3 N–H and O–H groups in total. The molecule has 0 aliphatic carbocycles. The van der Waals surface area contributed by atoms with E-state index in [0.717, 1.165) is 22.4 Å². The second-order valence-corrected chi connectivity index (χ2v) is 5.00. The van der Waals surface area contributed by atoms with Crippen molar-refractivity contribution >= 4 is 28.6 Å². The van der Waals surface area contributed by atoms with Crippen molar-refractivity contribution < 1.29 is 4.39 Å². The number of hydrogen-bond acceptors (Lipinski definition) is 2. The molecule has 0 aliphatic rings. The van der Waals surface area contributed by atoms with E-state index in [9.17, 15) is 4.39 Å². The second kappa shape index (κ2) is 5.36. The zero-order valence-electron chi connectivity index (χ0n) is 10.8. The summed E-state index contributed by atoms with van der Waals surface area (Å²) in [5.74, 6) is -0.272. The minimum Gasteiger partial charge on any atom is -0.389 e. The third-order valence-corrected chi connectivity index (χ3v) is 2.98. The smallest absolute Gasteiger partial charge is 0.125 e. The molecule has 0 amide bonds. The highest BCUT2D eigenvalue weighted by Gasteiger charge is 2.07. The van der Waals surface area contributed by atoms with E-state index in [0.29, 0.717) is 10.7 Å². The summed E-state index contributed by atoms with van der Waals surface area (Å²) in [5.41, 5.74) is 9.86. The quantitative estimate of drug-likeness (QED) is 0.836. The molecule has 0 spiro atoms. The van der Waals surface area contributed by atoms with Crippen LogP contribution in [0.4, 0.5) is 15.8 Å². The number of nitrogens with one attached hydrogen (secondary N) is 1. The van der Waals surface area contributed by atoms with Crippen LogP contribution >= 0.6 is 12.2 Å². The predicted molar refractivity (Wildman–Crippen MR) is 81.5 cm³/mol. The first-order valence-corrected chi connectivity index (χ1v) is 6.31. The molecule has 2 rings (SSSR count). The third-order valence-electron chi connectivity index (χ3n) is 2.76. The predicted octanol–water partition coefficient (Wildman–Crippen LogP) is 3.82. The Morgan fingerprint density at radius 3 is 2.47 bits per heavy atom. The van der Waals surface area contributed by atoms with Crippen LogP contribution in [0.1, 0.15) is 16.7 Å². The van der Waals surface area contributed by atoms with Crippen LogP contribution in [0.15, 0.2) is 36.4 Å². The van der Waals surface area contributed by atoms with E-state index in [2.05, 4.69) is 5.32 Å². The lowest BCUT2D eigenvalue weighted by Crippen LogP contribution is -2.12. The molecule has 2 aromatic rings. The highest BCUT2D eigenvalue weighted by atomic mass is 32.1. The lowest BCUT2D eigenvalue weighted by molar-refractivity contribution is 0.627. The minimum absolute atomic E-state index is 0.272. The first-order chi connectivity index (χ1) is 8.95. The molecule has 0 fully saturated rings. The summed E-state index contributed by atoms with van der Waals surface area (Å²) in [6.45, 7) is 3.82. The van der Waals surface area contributed by atoms with Gasteiger partial charge in [-0.25, -0.2) is 4.39 Å². The number of benzene rings is 2. The van der Waals surface area contributed by atoms with Gasteiger partial charge in [0.15, 0.2) is 0 Å². The summed E-state index contributed by atoms with van der Waals surface area (Å²) in [7, 11) is 0. The van der Waals surface area contributed by atoms with Crippen molar-refractivity contribution in [2.24, 2.45) is 5.73 Å². The second-order valence-electron chi connectivity index (χ2n) is 4.56. The van der Waals surface area contributed by atoms with E-state index < -0.39 is 0 Å². The maximum atomic E-state index is 13.4. The number of thiocarbonyl (C=S) groups is 1. The average molecular weight is 274 g/mol. The summed E-state index contributed by atoms with van der Waals surface area (Å²) < 4.78 is 13.4. The zero-order valence-corrected chi connectivity index (χ0v) is 11.6. The Morgan fingerprint density at radius 2 is 1.84 bits per heavy atom. The summed E-state index contributed by atoms with van der Waals surface area (Å²) in [6, 6.07) is 10.6. The van der Waals surface area contributed by atoms with E-state index in [1.165, 1.54) is 12.1 Å². The zero-order chi connectivity index (χ0) is 14.0. The molecule has 0 saturated heterocycles. The van der Waals surface area contributed by atoms with Gasteiger partial charge in [-0.2, -0.15) is 0 Å². The number of halogens is 1. The van der Waals surface area contributed by atoms with Gasteiger partial charge in [-0.15, -0.1) is 0 Å². The van der Waals surface area contributed by atoms with Gasteiger partial charge in [-0.05, 0) is 49.7 Å². The summed E-state index contributed by atoms with van der Waals surface area (Å²) in [4.78, 5) is 0.319. The lowest BCUT2D eigenvalue weighted by Gasteiger charge is -2.12. The average Bonchev–Trinajstić information content (AvgIpc) is 2.30. The normalized spacial score (nSPS) is 10.3. The van der Waals surface area contributed by atoms with E-state index in [1.54, 1.807) is 0 Å². The summed E-state index contributed by atoms with van der Waals surface area (Å²) >= 11 is 5.04. The largest absolute Gasteiger partial charge is 0.389 e. The molecule has 19 heavy (non-hydrogen) atoms. The third kappa shape index (κ3) is 3.29. The van der Waals surface area contributed by atoms with Gasteiger partial charge < -0.3 is 11.1 Å². The van der Waals surface area contributed by atoms with Gasteiger partial charge in [0, 0.05) is 16.9 Å². The van der Waals surface area contributed by atoms with Crippen molar-refractivity contribution in [1.82, 2.24) is 0 Å². The van der Waals surface area contributed by atoms with Crippen LogP contribution in [0, 0.1) is 19.7 Å². The topological polar surface area (TPSA) is 38.0 Å². The highest BCUT2D eigenvalue weighted by molar-refractivity contribution is 7.80. The first kappa shape index (κ1) is 13.5. The Kier molecular flexibility index (Phi) is 3.81. The minimum atomic E-state index is -0.272. The maximum Gasteiger partial charge on any atom is 0.125 e. The number of nitrogens with two attached hydrogens (primary N) is 1. The molecule has 4 heteroatoms. The Hall–Kier alpha value is -1.94. The van der Waals surface area contributed by atoms with Crippen LogP contribution in [0.5, 0.6) is 0 Å². The van der Waals surface area contributed by atoms with Crippen LogP contribution in [-0.2, 0) is 0 Å². The molecule has 0 radical (unpaired) electrons. The fraction of sp³-hybridized carbons (Fsp3) is 0.133. The van der Waals surface area contributed by atoms with Crippen molar-refractivity contribution in [2.45, 2.75) is 13.8 Å². The van der Waals surface area contributed by atoms with Crippen molar-refractivity contribution in [3.63, 3.8) is 0 Å². The van der Waals surface area contributed by atoms with Gasteiger partial charge in [-0.1, -0.05) is 23.8 Å². The van der Waals surface area contributed by atoms with Crippen LogP contribution in [0.2, 0.25) is 0 Å². The van der Waals surface area contributed by atoms with E-state index in [1.807, 2.05) is 38.1 Å². The molecule has 98 valence electrons. The van der Waals surface area contributed by atoms with Crippen LogP contribution in [0.25, 0.3) is 0 Å². The van der Waals surface area contributed by atoms with Gasteiger partial charge in [-0.3, -0.25) is 0 Å². The van der Waals surface area contributed by atoms with Crippen molar-refractivity contribution in [2.75, 3.05) is 5.32 Å². The van der Waals surface area contributed by atoms with Crippen molar-refractivity contribution in [3.8, 4) is 0 Å². The number of rotatable bonds is 3. The van der Waals surface area contributed by atoms with E-state index in [-0.39, 0.29) is 5.82 Å². The molecule has 2 aromatic carbocycles. The van der Waals surface area contributed by atoms with Gasteiger partial charge in [0.1, 0.15) is 10.8 Å². The standard InChI is InChI=1S/C15H15FN2S/c1-9-3-4-14(13(7-9)15(17)19)18-12-6-10(2)5-11(16)8-12/h3-8,18H,1-2H3,(H2,17,19). The van der Waals surface area contributed by atoms with Gasteiger partial charge in [0.05, 0.1) is 0 Å². The summed E-state index contributed by atoms with van der Waals surface area (Å²) in [6.07, 6.45) is 0. The molecular weight excluding hydrogens is 259 g/mol. The fourth-order valence-electron chi connectivity index (χ4n) is 1.93. The Bertz CT molecular complexity index is 618. The Balaban J connectivity index is 2.40. The number of anilines is 2.